The Kier molecular flexibility index (Phi) is 6.53. The van der Waals surface area contributed by atoms with Crippen LogP contribution in [0.3, 0.4) is 0 Å². The molecule has 4 heterocycles. The van der Waals surface area contributed by atoms with Crippen molar-refractivity contribution in [3.63, 3.8) is 0 Å². The highest BCUT2D eigenvalue weighted by molar-refractivity contribution is 7.25. The largest absolute Gasteiger partial charge is 0.293 e. The van der Waals surface area contributed by atoms with Gasteiger partial charge in [0, 0.05) is 36.3 Å². The predicted molar refractivity (Wildman–Crippen MR) is 184 cm³/mol. The molecule has 1 aliphatic carbocycles. The zero-order valence-corrected chi connectivity index (χ0v) is 25.8. The van der Waals surface area contributed by atoms with Crippen LogP contribution in [0.2, 0.25) is 0 Å². The molecule has 0 saturated heterocycles. The summed E-state index contributed by atoms with van der Waals surface area (Å²) in [5, 5.41) is 8.37. The highest BCUT2D eigenvalue weighted by Gasteiger charge is 2.33. The Morgan fingerprint density at radius 1 is 0.535 bits per heavy atom. The summed E-state index contributed by atoms with van der Waals surface area (Å²) >= 11 is 7.01. The van der Waals surface area contributed by atoms with Crippen LogP contribution >= 0.6 is 45.3 Å². The molecule has 0 unspecified atom stereocenters. The Hall–Kier alpha value is -4.40. The third-order valence-corrected chi connectivity index (χ3v) is 11.8. The van der Waals surface area contributed by atoms with Crippen molar-refractivity contribution < 1.29 is 9.59 Å². The number of fused-ring (bicyclic) bond motifs is 2. The summed E-state index contributed by atoms with van der Waals surface area (Å²) < 4.78 is 0. The Bertz CT molecular complexity index is 2040. The SMILES string of the molecule is O=C1C(=Cc2ccc(N(c3ccc(-c4cccs4)s3)c3ccc(-c4cccs4)s3)cc2)C(=O)c2cc3ccccc3cc21. The van der Waals surface area contributed by atoms with Crippen LogP contribution in [0.15, 0.2) is 126 Å². The number of hydrogen-bond donors (Lipinski definition) is 0. The number of Topliss-reactive ketones (excluding diaryl/α,β-unsaturated/α-hetero) is 2. The third kappa shape index (κ3) is 4.71. The van der Waals surface area contributed by atoms with E-state index in [0.29, 0.717) is 11.1 Å². The summed E-state index contributed by atoms with van der Waals surface area (Å²) in [7, 11) is 0. The molecule has 0 spiro atoms. The predicted octanol–water partition coefficient (Wildman–Crippen LogP) is 11.4. The molecular formula is C36H21NO2S4. The highest BCUT2D eigenvalue weighted by atomic mass is 32.1. The second-order valence-electron chi connectivity index (χ2n) is 10.1. The lowest BCUT2D eigenvalue weighted by atomic mass is 10.0. The van der Waals surface area contributed by atoms with Gasteiger partial charge in [-0.3, -0.25) is 14.5 Å². The van der Waals surface area contributed by atoms with Gasteiger partial charge in [-0.05, 0) is 93.8 Å². The van der Waals surface area contributed by atoms with Crippen molar-refractivity contribution in [2.45, 2.75) is 0 Å². The maximum absolute atomic E-state index is 13.3. The fourth-order valence-corrected chi connectivity index (χ4v) is 9.20. The molecule has 0 saturated carbocycles. The molecule has 0 fully saturated rings. The van der Waals surface area contributed by atoms with Gasteiger partial charge in [-0.2, -0.15) is 0 Å². The lowest BCUT2D eigenvalue weighted by Crippen LogP contribution is -2.06. The van der Waals surface area contributed by atoms with Gasteiger partial charge in [0.15, 0.2) is 11.6 Å². The van der Waals surface area contributed by atoms with E-state index in [1.807, 2.05) is 48.5 Å². The number of allylic oxidation sites excluding steroid dienone is 1. The molecule has 3 nitrogen and oxygen atoms in total. The molecule has 206 valence electrons. The van der Waals surface area contributed by atoms with Gasteiger partial charge >= 0.3 is 0 Å². The first-order chi connectivity index (χ1) is 21.1. The zero-order chi connectivity index (χ0) is 28.9. The van der Waals surface area contributed by atoms with E-state index in [1.54, 1.807) is 51.4 Å². The van der Waals surface area contributed by atoms with Gasteiger partial charge in [0.2, 0.25) is 0 Å². The van der Waals surface area contributed by atoms with E-state index in [1.165, 1.54) is 19.5 Å². The van der Waals surface area contributed by atoms with Crippen LogP contribution in [0, 0.1) is 0 Å². The lowest BCUT2D eigenvalue weighted by Gasteiger charge is -2.21. The number of thiophene rings is 4. The minimum atomic E-state index is -0.212. The number of ketones is 2. The van der Waals surface area contributed by atoms with Gasteiger partial charge in [-0.25, -0.2) is 0 Å². The number of hydrogen-bond acceptors (Lipinski definition) is 7. The Morgan fingerprint density at radius 2 is 1.07 bits per heavy atom. The number of carbonyl (C=O) groups is 2. The van der Waals surface area contributed by atoms with Gasteiger partial charge in [-0.15, -0.1) is 45.3 Å². The van der Waals surface area contributed by atoms with Crippen molar-refractivity contribution >= 4 is 89.5 Å². The van der Waals surface area contributed by atoms with Gasteiger partial charge in [0.05, 0.1) is 5.57 Å². The molecule has 0 radical (unpaired) electrons. The first-order valence-corrected chi connectivity index (χ1v) is 17.0. The fourth-order valence-electron chi connectivity index (χ4n) is 5.39. The van der Waals surface area contributed by atoms with E-state index < -0.39 is 0 Å². The van der Waals surface area contributed by atoms with Crippen molar-refractivity contribution in [3.8, 4) is 19.5 Å². The number of anilines is 3. The lowest BCUT2D eigenvalue weighted by molar-refractivity contribution is 0.0990. The average molecular weight is 628 g/mol. The standard InChI is InChI=1S/C36H21NO2S4/c38-35-26-20-23-5-1-2-6-24(23)21-27(26)36(39)28(35)19-22-9-11-25(12-10-22)37(33-15-13-31(42-33)29-7-3-17-40-29)34-16-14-32(43-34)30-8-4-18-41-30/h1-21H. The second kappa shape index (κ2) is 10.7. The number of benzene rings is 3. The number of carbonyl (C=O) groups excluding carboxylic acids is 2. The molecular weight excluding hydrogens is 607 g/mol. The van der Waals surface area contributed by atoms with Crippen molar-refractivity contribution in [1.82, 2.24) is 0 Å². The highest BCUT2D eigenvalue weighted by Crippen LogP contribution is 2.46. The molecule has 7 aromatic rings. The van der Waals surface area contributed by atoms with Crippen molar-refractivity contribution in [2.75, 3.05) is 4.90 Å². The molecule has 8 rings (SSSR count). The van der Waals surface area contributed by atoms with Crippen LogP contribution in [-0.4, -0.2) is 11.6 Å². The van der Waals surface area contributed by atoms with Crippen molar-refractivity contribution in [2.24, 2.45) is 0 Å². The molecule has 0 bridgehead atoms. The quantitative estimate of drug-likeness (QED) is 0.136. The Morgan fingerprint density at radius 3 is 1.56 bits per heavy atom. The molecule has 0 atom stereocenters. The monoisotopic (exact) mass is 627 g/mol. The molecule has 4 aromatic heterocycles. The van der Waals surface area contributed by atoms with Gasteiger partial charge in [0.25, 0.3) is 0 Å². The van der Waals surface area contributed by atoms with Crippen LogP contribution in [0.5, 0.6) is 0 Å². The topological polar surface area (TPSA) is 37.4 Å². The van der Waals surface area contributed by atoms with Crippen molar-refractivity contribution in [3.05, 3.63) is 142 Å². The maximum atomic E-state index is 13.3. The smallest absolute Gasteiger partial charge is 0.197 e. The molecule has 3 aromatic carbocycles. The number of rotatable bonds is 6. The van der Waals surface area contributed by atoms with Crippen LogP contribution in [0.25, 0.3) is 36.4 Å². The minimum Gasteiger partial charge on any atom is -0.293 e. The number of nitrogens with zero attached hydrogens (tertiary/aromatic N) is 1. The molecule has 0 aliphatic heterocycles. The summed E-state index contributed by atoms with van der Waals surface area (Å²) in [6.07, 6.45) is 1.73. The first-order valence-electron chi connectivity index (χ1n) is 13.6. The van der Waals surface area contributed by atoms with Gasteiger partial charge in [-0.1, -0.05) is 48.5 Å². The van der Waals surface area contributed by atoms with E-state index in [-0.39, 0.29) is 17.1 Å². The van der Waals surface area contributed by atoms with E-state index in [9.17, 15) is 9.59 Å². The first kappa shape index (κ1) is 26.2. The fraction of sp³-hybridized carbons (Fsp3) is 0. The van der Waals surface area contributed by atoms with E-state index in [0.717, 1.165) is 32.0 Å². The summed E-state index contributed by atoms with van der Waals surface area (Å²) in [6.45, 7) is 0. The molecule has 1 aliphatic rings. The van der Waals surface area contributed by atoms with Crippen LogP contribution in [-0.2, 0) is 0 Å². The second-order valence-corrected chi connectivity index (χ2v) is 14.1. The minimum absolute atomic E-state index is 0.212. The molecule has 0 N–H and O–H groups in total. The summed E-state index contributed by atoms with van der Waals surface area (Å²) in [6, 6.07) is 36.8. The average Bonchev–Trinajstić information content (AvgIpc) is 3.87. The van der Waals surface area contributed by atoms with E-state index in [4.69, 9.17) is 0 Å². The summed E-state index contributed by atoms with van der Waals surface area (Å²) in [5.41, 5.74) is 3.01. The van der Waals surface area contributed by atoms with Gasteiger partial charge < -0.3 is 0 Å². The van der Waals surface area contributed by atoms with Crippen LogP contribution < -0.4 is 4.90 Å². The summed E-state index contributed by atoms with van der Waals surface area (Å²) in [5.74, 6) is -0.424. The Balaban J connectivity index is 1.15. The van der Waals surface area contributed by atoms with Crippen LogP contribution in [0.1, 0.15) is 26.3 Å². The maximum Gasteiger partial charge on any atom is 0.197 e. The Labute approximate surface area is 264 Å². The van der Waals surface area contributed by atoms with Crippen molar-refractivity contribution in [1.29, 1.82) is 0 Å². The molecule has 7 heteroatoms. The third-order valence-electron chi connectivity index (χ3n) is 7.48. The van der Waals surface area contributed by atoms with Crippen LogP contribution in [0.4, 0.5) is 15.7 Å². The summed E-state index contributed by atoms with van der Waals surface area (Å²) in [4.78, 5) is 33.9. The molecule has 43 heavy (non-hydrogen) atoms. The normalized spacial score (nSPS) is 12.7. The van der Waals surface area contributed by atoms with E-state index in [2.05, 4.69) is 76.3 Å². The van der Waals surface area contributed by atoms with Gasteiger partial charge in [0.1, 0.15) is 10.0 Å². The zero-order valence-electron chi connectivity index (χ0n) is 22.5. The molecule has 0 amide bonds. The van der Waals surface area contributed by atoms with E-state index >= 15 is 0 Å².